The van der Waals surface area contributed by atoms with Gasteiger partial charge < -0.3 is 16.0 Å². The van der Waals surface area contributed by atoms with Gasteiger partial charge in [-0.3, -0.25) is 9.69 Å². The number of amides is 1. The van der Waals surface area contributed by atoms with Crippen molar-refractivity contribution in [2.75, 3.05) is 45.1 Å². The third kappa shape index (κ3) is 8.60. The van der Waals surface area contributed by atoms with Gasteiger partial charge in [-0.15, -0.1) is 37.2 Å². The standard InChI is InChI=1S/C21H34N4O.3ClH/c1-24-10-12-25(13-11-24)16-18-6-5-7-19(14-18)23-20(26)15-21(17-22)8-3-2-4-9-21;;;/h5-7,14H,2-4,8-13,15-17,22H2,1H3,(H,23,26);3*1H. The minimum Gasteiger partial charge on any atom is -0.330 e. The molecule has 5 nitrogen and oxygen atoms in total. The predicted octanol–water partition coefficient (Wildman–Crippen LogP) is 3.94. The van der Waals surface area contributed by atoms with Crippen molar-refractivity contribution < 1.29 is 4.79 Å². The van der Waals surface area contributed by atoms with E-state index in [0.717, 1.165) is 51.3 Å². The number of benzene rings is 1. The van der Waals surface area contributed by atoms with Crippen molar-refractivity contribution >= 4 is 48.8 Å². The van der Waals surface area contributed by atoms with Crippen LogP contribution in [0.15, 0.2) is 24.3 Å². The highest BCUT2D eigenvalue weighted by Gasteiger charge is 2.32. The summed E-state index contributed by atoms with van der Waals surface area (Å²) in [6.45, 7) is 6.02. The van der Waals surface area contributed by atoms with Crippen molar-refractivity contribution in [2.24, 2.45) is 11.1 Å². The van der Waals surface area contributed by atoms with Gasteiger partial charge in [0.05, 0.1) is 0 Å². The Kier molecular flexibility index (Phi) is 13.4. The molecule has 29 heavy (non-hydrogen) atoms. The van der Waals surface area contributed by atoms with Crippen LogP contribution < -0.4 is 11.1 Å². The molecule has 8 heteroatoms. The fourth-order valence-electron chi connectivity index (χ4n) is 4.31. The number of carbonyl (C=O) groups is 1. The SMILES string of the molecule is CN1CCN(Cc2cccc(NC(=O)CC3(CN)CCCCC3)c2)CC1.Cl.Cl.Cl. The first kappa shape index (κ1) is 28.4. The number of carbonyl (C=O) groups excluding carboxylic acids is 1. The van der Waals surface area contributed by atoms with E-state index >= 15 is 0 Å². The highest BCUT2D eigenvalue weighted by Crippen LogP contribution is 2.38. The molecule has 1 aliphatic carbocycles. The molecule has 1 aromatic carbocycles. The molecule has 0 aromatic heterocycles. The summed E-state index contributed by atoms with van der Waals surface area (Å²) in [5, 5.41) is 3.11. The minimum atomic E-state index is 0. The zero-order valence-corrected chi connectivity index (χ0v) is 19.8. The molecule has 0 spiro atoms. The van der Waals surface area contributed by atoms with E-state index in [1.54, 1.807) is 0 Å². The van der Waals surface area contributed by atoms with Gasteiger partial charge in [0.2, 0.25) is 5.91 Å². The first-order chi connectivity index (χ1) is 12.6. The molecule has 0 radical (unpaired) electrons. The fourth-order valence-corrected chi connectivity index (χ4v) is 4.31. The molecular formula is C21H37Cl3N4O. The van der Waals surface area contributed by atoms with Gasteiger partial charge in [0.25, 0.3) is 0 Å². The maximum absolute atomic E-state index is 12.6. The molecule has 2 aliphatic rings. The summed E-state index contributed by atoms with van der Waals surface area (Å²) >= 11 is 0. The lowest BCUT2D eigenvalue weighted by molar-refractivity contribution is -0.118. The molecule has 3 rings (SSSR count). The number of rotatable bonds is 6. The highest BCUT2D eigenvalue weighted by atomic mass is 35.5. The number of piperazine rings is 1. The average Bonchev–Trinajstić information content (AvgIpc) is 2.64. The van der Waals surface area contributed by atoms with Crippen LogP contribution in [0.25, 0.3) is 0 Å². The third-order valence-electron chi connectivity index (χ3n) is 6.10. The molecule has 1 aliphatic heterocycles. The number of hydrogen-bond donors (Lipinski definition) is 2. The van der Waals surface area contributed by atoms with Crippen LogP contribution in [-0.4, -0.2) is 55.5 Å². The van der Waals surface area contributed by atoms with Crippen molar-refractivity contribution in [3.8, 4) is 0 Å². The smallest absolute Gasteiger partial charge is 0.224 e. The molecular weight excluding hydrogens is 431 g/mol. The van der Waals surface area contributed by atoms with E-state index < -0.39 is 0 Å². The Hall–Kier alpha value is -0.560. The third-order valence-corrected chi connectivity index (χ3v) is 6.10. The maximum Gasteiger partial charge on any atom is 0.224 e. The van der Waals surface area contributed by atoms with Gasteiger partial charge in [-0.1, -0.05) is 31.4 Å². The Bertz CT molecular complexity index is 603. The van der Waals surface area contributed by atoms with E-state index in [4.69, 9.17) is 5.73 Å². The molecule has 1 saturated heterocycles. The fraction of sp³-hybridized carbons (Fsp3) is 0.667. The summed E-state index contributed by atoms with van der Waals surface area (Å²) in [4.78, 5) is 17.4. The van der Waals surface area contributed by atoms with Crippen molar-refractivity contribution in [3.63, 3.8) is 0 Å². The highest BCUT2D eigenvalue weighted by molar-refractivity contribution is 5.91. The van der Waals surface area contributed by atoms with Crippen molar-refractivity contribution in [1.29, 1.82) is 0 Å². The Labute approximate surface area is 194 Å². The van der Waals surface area contributed by atoms with E-state index in [-0.39, 0.29) is 48.5 Å². The molecule has 2 fully saturated rings. The summed E-state index contributed by atoms with van der Waals surface area (Å²) in [5.41, 5.74) is 8.21. The van der Waals surface area contributed by atoms with E-state index in [1.165, 1.54) is 24.8 Å². The van der Waals surface area contributed by atoms with Crippen molar-refractivity contribution in [3.05, 3.63) is 29.8 Å². The van der Waals surface area contributed by atoms with Crippen molar-refractivity contribution in [1.82, 2.24) is 9.80 Å². The van der Waals surface area contributed by atoms with Crippen LogP contribution in [0.5, 0.6) is 0 Å². The van der Waals surface area contributed by atoms with Gasteiger partial charge in [-0.25, -0.2) is 0 Å². The van der Waals surface area contributed by atoms with Gasteiger partial charge in [0.15, 0.2) is 0 Å². The Balaban J connectivity index is 0.00000261. The van der Waals surface area contributed by atoms with Gasteiger partial charge in [0.1, 0.15) is 0 Å². The first-order valence-electron chi connectivity index (χ1n) is 10.1. The van der Waals surface area contributed by atoms with Gasteiger partial charge in [0, 0.05) is 44.8 Å². The molecule has 3 N–H and O–H groups in total. The number of hydrogen-bond acceptors (Lipinski definition) is 4. The van der Waals surface area contributed by atoms with E-state index in [2.05, 4.69) is 34.3 Å². The van der Waals surface area contributed by atoms with Crippen LogP contribution in [0.2, 0.25) is 0 Å². The van der Waals surface area contributed by atoms with Crippen LogP contribution in [0.4, 0.5) is 5.69 Å². The van der Waals surface area contributed by atoms with E-state index in [9.17, 15) is 4.79 Å². The molecule has 0 unspecified atom stereocenters. The molecule has 1 saturated carbocycles. The Morgan fingerprint density at radius 1 is 1.07 bits per heavy atom. The zero-order chi connectivity index (χ0) is 18.4. The summed E-state index contributed by atoms with van der Waals surface area (Å²) in [7, 11) is 2.17. The van der Waals surface area contributed by atoms with Gasteiger partial charge >= 0.3 is 0 Å². The average molecular weight is 468 g/mol. The second-order valence-electron chi connectivity index (χ2n) is 8.27. The van der Waals surface area contributed by atoms with Crippen molar-refractivity contribution in [2.45, 2.75) is 45.1 Å². The first-order valence-corrected chi connectivity index (χ1v) is 10.1. The van der Waals surface area contributed by atoms with Crippen LogP contribution in [0.3, 0.4) is 0 Å². The van der Waals surface area contributed by atoms with Crippen LogP contribution in [0, 0.1) is 5.41 Å². The molecule has 0 atom stereocenters. The summed E-state index contributed by atoms with van der Waals surface area (Å²) in [5.74, 6) is 0.106. The lowest BCUT2D eigenvalue weighted by atomic mass is 9.71. The van der Waals surface area contributed by atoms with E-state index in [1.807, 2.05) is 12.1 Å². The zero-order valence-electron chi connectivity index (χ0n) is 17.4. The number of halogens is 3. The van der Waals surface area contributed by atoms with Crippen LogP contribution >= 0.6 is 37.2 Å². The number of nitrogens with one attached hydrogen (secondary N) is 1. The molecule has 1 heterocycles. The second kappa shape index (κ2) is 13.7. The summed E-state index contributed by atoms with van der Waals surface area (Å²) < 4.78 is 0. The van der Waals surface area contributed by atoms with Gasteiger partial charge in [-0.05, 0) is 49.5 Å². The number of likely N-dealkylation sites (N-methyl/N-ethyl adjacent to an activating group) is 1. The maximum atomic E-state index is 12.6. The largest absolute Gasteiger partial charge is 0.330 e. The summed E-state index contributed by atoms with van der Waals surface area (Å²) in [6, 6.07) is 8.30. The number of nitrogens with zero attached hydrogens (tertiary/aromatic N) is 2. The lowest BCUT2D eigenvalue weighted by Crippen LogP contribution is -2.43. The Morgan fingerprint density at radius 2 is 1.72 bits per heavy atom. The molecule has 1 aromatic rings. The molecule has 1 amide bonds. The normalized spacial score (nSPS) is 19.2. The second-order valence-corrected chi connectivity index (χ2v) is 8.27. The van der Waals surface area contributed by atoms with E-state index in [0.29, 0.717) is 13.0 Å². The van der Waals surface area contributed by atoms with Crippen LogP contribution in [0.1, 0.15) is 44.1 Å². The quantitative estimate of drug-likeness (QED) is 0.665. The number of nitrogens with two attached hydrogens (primary N) is 1. The monoisotopic (exact) mass is 466 g/mol. The molecule has 0 bridgehead atoms. The Morgan fingerprint density at radius 3 is 2.34 bits per heavy atom. The molecule has 168 valence electrons. The van der Waals surface area contributed by atoms with Crippen LogP contribution in [-0.2, 0) is 11.3 Å². The predicted molar refractivity (Wildman–Crippen MR) is 129 cm³/mol. The number of anilines is 1. The minimum absolute atomic E-state index is 0. The summed E-state index contributed by atoms with van der Waals surface area (Å²) in [6.07, 6.45) is 6.39. The van der Waals surface area contributed by atoms with Gasteiger partial charge in [-0.2, -0.15) is 0 Å². The topological polar surface area (TPSA) is 61.6 Å². The lowest BCUT2D eigenvalue weighted by Gasteiger charge is -2.35.